The minimum absolute atomic E-state index is 0.111. The smallest absolute Gasteiger partial charge is 0.291 e. The lowest BCUT2D eigenvalue weighted by molar-refractivity contribution is 0.262. The molecule has 1 fully saturated rings. The topological polar surface area (TPSA) is 46.9 Å². The normalized spacial score (nSPS) is 14.9. The van der Waals surface area contributed by atoms with Gasteiger partial charge in [0.15, 0.2) is 0 Å². The maximum Gasteiger partial charge on any atom is 0.291 e. The van der Waals surface area contributed by atoms with E-state index in [2.05, 4.69) is 21.9 Å². The number of nitrogens with zero attached hydrogens (tertiary/aromatic N) is 2. The van der Waals surface area contributed by atoms with Crippen molar-refractivity contribution in [2.75, 3.05) is 11.9 Å². The van der Waals surface area contributed by atoms with Crippen molar-refractivity contribution in [2.24, 2.45) is 5.92 Å². The average Bonchev–Trinajstić information content (AvgIpc) is 2.93. The number of hydrogen-bond donors (Lipinski definition) is 1. The second-order valence-corrected chi connectivity index (χ2v) is 6.85. The van der Waals surface area contributed by atoms with Crippen molar-refractivity contribution in [3.05, 3.63) is 44.0 Å². The molecule has 3 rings (SSSR count). The predicted octanol–water partition coefficient (Wildman–Crippen LogP) is 3.41. The zero-order chi connectivity index (χ0) is 14.7. The highest BCUT2D eigenvalue weighted by atomic mass is 35.5. The summed E-state index contributed by atoms with van der Waals surface area (Å²) in [6, 6.07) is 4.13. The second kappa shape index (κ2) is 6.62. The molecule has 2 aromatic heterocycles. The number of hydrogen-bond acceptors (Lipinski definition) is 4. The lowest BCUT2D eigenvalue weighted by Crippen LogP contribution is -2.31. The summed E-state index contributed by atoms with van der Waals surface area (Å²) in [5.41, 5.74) is 0.364. The summed E-state index contributed by atoms with van der Waals surface area (Å²) in [5.74, 6) is 0.593. The Bertz CT molecular complexity index is 649. The van der Waals surface area contributed by atoms with E-state index in [9.17, 15) is 4.79 Å². The molecule has 6 heteroatoms. The van der Waals surface area contributed by atoms with E-state index in [1.54, 1.807) is 22.2 Å². The lowest BCUT2D eigenvalue weighted by Gasteiger charge is -2.25. The van der Waals surface area contributed by atoms with E-state index in [4.69, 9.17) is 11.6 Å². The number of anilines is 1. The summed E-state index contributed by atoms with van der Waals surface area (Å²) in [5, 5.41) is 9.78. The van der Waals surface area contributed by atoms with E-state index >= 15 is 0 Å². The van der Waals surface area contributed by atoms with E-state index in [0.717, 1.165) is 6.42 Å². The van der Waals surface area contributed by atoms with Crippen molar-refractivity contribution in [1.29, 1.82) is 0 Å². The summed E-state index contributed by atoms with van der Waals surface area (Å²) in [6.45, 7) is 1.40. The molecule has 1 N–H and O–H groups in total. The standard InChI is InChI=1S/C15H18ClN3OS/c16-13-9-18-19(10-11-3-1-4-11)15(20)14(13)17-7-6-12-5-2-8-21-12/h2,5,8-9,11,17H,1,3-4,6-7,10H2. The number of halogens is 1. The van der Waals surface area contributed by atoms with Crippen molar-refractivity contribution in [3.63, 3.8) is 0 Å². The van der Waals surface area contributed by atoms with Gasteiger partial charge >= 0.3 is 0 Å². The van der Waals surface area contributed by atoms with Crippen molar-refractivity contribution in [1.82, 2.24) is 9.78 Å². The van der Waals surface area contributed by atoms with Gasteiger partial charge in [0.05, 0.1) is 11.2 Å². The molecular formula is C15H18ClN3OS. The highest BCUT2D eigenvalue weighted by Gasteiger charge is 2.20. The molecule has 21 heavy (non-hydrogen) atoms. The Morgan fingerprint density at radius 1 is 1.48 bits per heavy atom. The molecule has 0 aliphatic heterocycles. The van der Waals surface area contributed by atoms with Crippen LogP contribution in [-0.4, -0.2) is 16.3 Å². The molecule has 4 nitrogen and oxygen atoms in total. The van der Waals surface area contributed by atoms with Gasteiger partial charge in [-0.05, 0) is 36.6 Å². The minimum Gasteiger partial charge on any atom is -0.379 e. The van der Waals surface area contributed by atoms with Crippen LogP contribution in [0.4, 0.5) is 5.69 Å². The maximum atomic E-state index is 12.4. The van der Waals surface area contributed by atoms with Crippen LogP contribution in [0.2, 0.25) is 5.02 Å². The largest absolute Gasteiger partial charge is 0.379 e. The lowest BCUT2D eigenvalue weighted by atomic mass is 9.85. The van der Waals surface area contributed by atoms with Crippen molar-refractivity contribution < 1.29 is 0 Å². The molecule has 2 heterocycles. The molecule has 1 aliphatic carbocycles. The first kappa shape index (κ1) is 14.6. The van der Waals surface area contributed by atoms with Crippen molar-refractivity contribution >= 4 is 28.6 Å². The molecule has 0 spiro atoms. The van der Waals surface area contributed by atoms with E-state index in [0.29, 0.717) is 29.7 Å². The van der Waals surface area contributed by atoms with E-state index < -0.39 is 0 Å². The fourth-order valence-electron chi connectivity index (χ4n) is 2.44. The minimum atomic E-state index is -0.111. The summed E-state index contributed by atoms with van der Waals surface area (Å²) in [7, 11) is 0. The van der Waals surface area contributed by atoms with Crippen LogP contribution in [0, 0.1) is 5.92 Å². The van der Waals surface area contributed by atoms with Gasteiger partial charge in [-0.3, -0.25) is 4.79 Å². The molecule has 0 bridgehead atoms. The Labute approximate surface area is 132 Å². The Morgan fingerprint density at radius 3 is 3.00 bits per heavy atom. The second-order valence-electron chi connectivity index (χ2n) is 5.41. The fourth-order valence-corrected chi connectivity index (χ4v) is 3.34. The molecular weight excluding hydrogens is 306 g/mol. The van der Waals surface area contributed by atoms with Gasteiger partial charge in [0, 0.05) is 18.0 Å². The van der Waals surface area contributed by atoms with Crippen LogP contribution in [0.3, 0.4) is 0 Å². The van der Waals surface area contributed by atoms with E-state index in [1.807, 2.05) is 6.07 Å². The maximum absolute atomic E-state index is 12.4. The Kier molecular flexibility index (Phi) is 4.60. The van der Waals surface area contributed by atoms with Crippen LogP contribution < -0.4 is 10.9 Å². The van der Waals surface area contributed by atoms with E-state index in [1.165, 1.54) is 24.1 Å². The number of thiophene rings is 1. The van der Waals surface area contributed by atoms with Crippen molar-refractivity contribution in [2.45, 2.75) is 32.2 Å². The third-order valence-electron chi connectivity index (χ3n) is 3.91. The summed E-state index contributed by atoms with van der Waals surface area (Å²) >= 11 is 7.83. The SMILES string of the molecule is O=c1c(NCCc2cccs2)c(Cl)cnn1CC1CCC1. The van der Waals surface area contributed by atoms with Crippen LogP contribution in [0.5, 0.6) is 0 Å². The first-order valence-electron chi connectivity index (χ1n) is 7.26. The molecule has 1 saturated carbocycles. The van der Waals surface area contributed by atoms with Crippen LogP contribution >= 0.6 is 22.9 Å². The van der Waals surface area contributed by atoms with Gasteiger partial charge in [-0.25, -0.2) is 4.68 Å². The van der Waals surface area contributed by atoms with Gasteiger partial charge in [0.25, 0.3) is 5.56 Å². The Morgan fingerprint density at radius 2 is 2.33 bits per heavy atom. The molecule has 0 aromatic carbocycles. The monoisotopic (exact) mass is 323 g/mol. The van der Waals surface area contributed by atoms with Gasteiger partial charge in [0.2, 0.25) is 0 Å². The molecule has 0 unspecified atom stereocenters. The molecule has 2 aromatic rings. The van der Waals surface area contributed by atoms with Gasteiger partial charge in [-0.2, -0.15) is 5.10 Å². The van der Waals surface area contributed by atoms with Gasteiger partial charge < -0.3 is 5.32 Å². The third-order valence-corrected chi connectivity index (χ3v) is 5.13. The first-order valence-corrected chi connectivity index (χ1v) is 8.51. The van der Waals surface area contributed by atoms with Crippen LogP contribution in [0.25, 0.3) is 0 Å². The molecule has 0 saturated heterocycles. The van der Waals surface area contributed by atoms with Crippen LogP contribution in [-0.2, 0) is 13.0 Å². The average molecular weight is 324 g/mol. The Hall–Kier alpha value is -1.33. The summed E-state index contributed by atoms with van der Waals surface area (Å²) < 4.78 is 1.54. The predicted molar refractivity (Wildman–Crippen MR) is 87.4 cm³/mol. The molecule has 0 radical (unpaired) electrons. The quantitative estimate of drug-likeness (QED) is 0.886. The Balaban J connectivity index is 1.67. The zero-order valence-electron chi connectivity index (χ0n) is 11.7. The fraction of sp³-hybridized carbons (Fsp3) is 0.467. The molecule has 0 atom stereocenters. The number of nitrogens with one attached hydrogen (secondary N) is 1. The van der Waals surface area contributed by atoms with E-state index in [-0.39, 0.29) is 5.56 Å². The first-order chi connectivity index (χ1) is 10.2. The molecule has 112 valence electrons. The van der Waals surface area contributed by atoms with Crippen LogP contribution in [0.1, 0.15) is 24.1 Å². The van der Waals surface area contributed by atoms with Gasteiger partial charge in [-0.1, -0.05) is 24.1 Å². The highest BCUT2D eigenvalue weighted by Crippen LogP contribution is 2.27. The van der Waals surface area contributed by atoms with Gasteiger partial charge in [-0.15, -0.1) is 11.3 Å². The summed E-state index contributed by atoms with van der Waals surface area (Å²) in [4.78, 5) is 13.7. The van der Waals surface area contributed by atoms with Crippen LogP contribution in [0.15, 0.2) is 28.5 Å². The zero-order valence-corrected chi connectivity index (χ0v) is 13.3. The highest BCUT2D eigenvalue weighted by molar-refractivity contribution is 7.09. The molecule has 1 aliphatic rings. The number of rotatable bonds is 6. The van der Waals surface area contributed by atoms with Gasteiger partial charge in [0.1, 0.15) is 5.69 Å². The summed E-state index contributed by atoms with van der Waals surface area (Å²) in [6.07, 6.45) is 6.10. The number of aromatic nitrogens is 2. The van der Waals surface area contributed by atoms with Crippen molar-refractivity contribution in [3.8, 4) is 0 Å². The molecule has 0 amide bonds. The third kappa shape index (κ3) is 3.47.